The number of carboxylic acids is 1. The highest BCUT2D eigenvalue weighted by Gasteiger charge is 2.58. The van der Waals surface area contributed by atoms with Crippen LogP contribution in [0.4, 0.5) is 0 Å². The van der Waals surface area contributed by atoms with Crippen LogP contribution in [0.3, 0.4) is 0 Å². The van der Waals surface area contributed by atoms with Crippen LogP contribution in [0.5, 0.6) is 0 Å². The fourth-order valence-electron chi connectivity index (χ4n) is 4.72. The van der Waals surface area contributed by atoms with Crippen molar-refractivity contribution in [1.29, 1.82) is 0 Å². The second kappa shape index (κ2) is 8.00. The smallest absolute Gasteiger partial charge is 0.319 e. The number of carboxylic acid groups (broad SMARTS) is 1. The van der Waals surface area contributed by atoms with E-state index in [4.69, 9.17) is 0 Å². The Morgan fingerprint density at radius 1 is 0.533 bits per heavy atom. The predicted octanol–water partition coefficient (Wildman–Crippen LogP) is 6.06. The molecule has 2 nitrogen and oxygen atoms in total. The SMILES string of the molecule is CC(c1ccccc1)(c1ccccc1)C(C(=O)O)(c1ccccc1)c1ccccc1. The average molecular weight is 392 g/mol. The first-order chi connectivity index (χ1) is 14.6. The number of hydrogen-bond donors (Lipinski definition) is 1. The predicted molar refractivity (Wildman–Crippen MR) is 121 cm³/mol. The summed E-state index contributed by atoms with van der Waals surface area (Å²) < 4.78 is 0. The summed E-state index contributed by atoms with van der Waals surface area (Å²) in [6.07, 6.45) is 0. The van der Waals surface area contributed by atoms with Crippen LogP contribution < -0.4 is 0 Å². The lowest BCUT2D eigenvalue weighted by Gasteiger charge is -2.47. The molecule has 148 valence electrons. The van der Waals surface area contributed by atoms with Crippen molar-refractivity contribution >= 4 is 5.97 Å². The number of hydrogen-bond acceptors (Lipinski definition) is 1. The lowest BCUT2D eigenvalue weighted by atomic mass is 9.52. The fourth-order valence-corrected chi connectivity index (χ4v) is 4.72. The van der Waals surface area contributed by atoms with Crippen molar-refractivity contribution in [1.82, 2.24) is 0 Å². The Labute approximate surface area is 177 Å². The van der Waals surface area contributed by atoms with Gasteiger partial charge in [0.2, 0.25) is 0 Å². The van der Waals surface area contributed by atoms with Gasteiger partial charge in [0.15, 0.2) is 0 Å². The van der Waals surface area contributed by atoms with Gasteiger partial charge in [0.25, 0.3) is 0 Å². The Kier molecular flexibility index (Phi) is 5.24. The van der Waals surface area contributed by atoms with Crippen LogP contribution >= 0.6 is 0 Å². The summed E-state index contributed by atoms with van der Waals surface area (Å²) in [5.41, 5.74) is 1.19. The van der Waals surface area contributed by atoms with E-state index >= 15 is 0 Å². The lowest BCUT2D eigenvalue weighted by molar-refractivity contribution is -0.144. The Bertz CT molecular complexity index is 1030. The molecular formula is C28H24O2. The Morgan fingerprint density at radius 3 is 1.07 bits per heavy atom. The number of aliphatic carboxylic acids is 1. The van der Waals surface area contributed by atoms with Gasteiger partial charge in [-0.25, -0.2) is 0 Å². The van der Waals surface area contributed by atoms with Gasteiger partial charge in [-0.3, -0.25) is 4.79 Å². The molecule has 4 aromatic rings. The van der Waals surface area contributed by atoms with Gasteiger partial charge in [0, 0.05) is 5.41 Å². The van der Waals surface area contributed by atoms with Crippen molar-refractivity contribution in [2.45, 2.75) is 17.8 Å². The first kappa shape index (κ1) is 19.7. The minimum Gasteiger partial charge on any atom is -0.480 e. The highest BCUT2D eigenvalue weighted by atomic mass is 16.4. The topological polar surface area (TPSA) is 37.3 Å². The van der Waals surface area contributed by atoms with Crippen molar-refractivity contribution in [2.24, 2.45) is 0 Å². The number of rotatable bonds is 6. The third-order valence-electron chi connectivity index (χ3n) is 6.19. The second-order valence-electron chi connectivity index (χ2n) is 7.64. The van der Waals surface area contributed by atoms with Gasteiger partial charge in [-0.15, -0.1) is 0 Å². The summed E-state index contributed by atoms with van der Waals surface area (Å²) in [4.78, 5) is 13.4. The molecule has 0 atom stereocenters. The maximum absolute atomic E-state index is 13.4. The van der Waals surface area contributed by atoms with Crippen LogP contribution in [0.15, 0.2) is 121 Å². The van der Waals surface area contributed by atoms with Crippen LogP contribution in [-0.4, -0.2) is 11.1 Å². The second-order valence-corrected chi connectivity index (χ2v) is 7.64. The van der Waals surface area contributed by atoms with E-state index in [1.165, 1.54) is 0 Å². The zero-order chi connectivity index (χ0) is 21.0. The Hall–Kier alpha value is -3.65. The number of benzene rings is 4. The molecule has 0 unspecified atom stereocenters. The summed E-state index contributed by atoms with van der Waals surface area (Å²) in [5.74, 6) is -0.880. The molecule has 0 radical (unpaired) electrons. The highest BCUT2D eigenvalue weighted by Crippen LogP contribution is 2.53. The minimum absolute atomic E-state index is 0.749. The first-order valence-corrected chi connectivity index (χ1v) is 10.1. The summed E-state index contributed by atoms with van der Waals surface area (Å²) in [6, 6.07) is 39.1. The van der Waals surface area contributed by atoms with E-state index in [-0.39, 0.29) is 0 Å². The molecule has 4 rings (SSSR count). The monoisotopic (exact) mass is 392 g/mol. The molecule has 0 spiro atoms. The molecule has 0 fully saturated rings. The molecule has 0 bridgehead atoms. The highest BCUT2D eigenvalue weighted by molar-refractivity contribution is 5.90. The largest absolute Gasteiger partial charge is 0.480 e. The lowest BCUT2D eigenvalue weighted by Crippen LogP contribution is -2.54. The van der Waals surface area contributed by atoms with Crippen molar-refractivity contribution in [2.75, 3.05) is 0 Å². The van der Waals surface area contributed by atoms with Crippen molar-refractivity contribution in [3.8, 4) is 0 Å². The molecule has 0 aromatic heterocycles. The van der Waals surface area contributed by atoms with Gasteiger partial charge in [-0.2, -0.15) is 0 Å². The molecule has 0 aliphatic carbocycles. The van der Waals surface area contributed by atoms with Crippen LogP contribution in [0.1, 0.15) is 29.2 Å². The molecule has 2 heteroatoms. The Balaban J connectivity index is 2.19. The molecule has 30 heavy (non-hydrogen) atoms. The molecule has 0 saturated heterocycles. The van der Waals surface area contributed by atoms with Crippen LogP contribution in [0.25, 0.3) is 0 Å². The quantitative estimate of drug-likeness (QED) is 0.433. The van der Waals surface area contributed by atoms with E-state index in [9.17, 15) is 9.90 Å². The molecule has 0 heterocycles. The van der Waals surface area contributed by atoms with E-state index in [1.807, 2.05) is 128 Å². The van der Waals surface area contributed by atoms with E-state index < -0.39 is 16.8 Å². The summed E-state index contributed by atoms with van der Waals surface area (Å²) >= 11 is 0. The van der Waals surface area contributed by atoms with Gasteiger partial charge < -0.3 is 5.11 Å². The molecule has 0 saturated carbocycles. The number of carbonyl (C=O) groups is 1. The first-order valence-electron chi connectivity index (χ1n) is 10.1. The molecule has 0 aliphatic heterocycles. The van der Waals surface area contributed by atoms with Gasteiger partial charge in [-0.05, 0) is 29.2 Å². The minimum atomic E-state index is -1.34. The maximum atomic E-state index is 13.4. The summed E-state index contributed by atoms with van der Waals surface area (Å²) in [7, 11) is 0. The van der Waals surface area contributed by atoms with E-state index in [0.717, 1.165) is 22.3 Å². The molecule has 0 aliphatic rings. The van der Waals surface area contributed by atoms with E-state index in [1.54, 1.807) is 0 Å². The zero-order valence-electron chi connectivity index (χ0n) is 16.9. The van der Waals surface area contributed by atoms with Gasteiger partial charge >= 0.3 is 5.97 Å². The third kappa shape index (κ3) is 2.93. The molecule has 0 amide bonds. The summed E-state index contributed by atoms with van der Waals surface area (Å²) in [6.45, 7) is 2.05. The standard InChI is InChI=1S/C28H24O2/c1-27(22-14-6-2-7-15-22,23-16-8-3-9-17-23)28(26(29)30,24-18-10-4-11-19-24)25-20-12-5-13-21-25/h2-21H,1H3,(H,29,30). The molecular weight excluding hydrogens is 368 g/mol. The maximum Gasteiger partial charge on any atom is 0.319 e. The molecule has 4 aromatic carbocycles. The van der Waals surface area contributed by atoms with E-state index in [0.29, 0.717) is 0 Å². The van der Waals surface area contributed by atoms with Gasteiger partial charge in [0.05, 0.1) is 0 Å². The summed E-state index contributed by atoms with van der Waals surface area (Å²) in [5, 5.41) is 11.0. The van der Waals surface area contributed by atoms with Crippen LogP contribution in [-0.2, 0) is 15.6 Å². The van der Waals surface area contributed by atoms with Crippen LogP contribution in [0, 0.1) is 0 Å². The van der Waals surface area contributed by atoms with Crippen molar-refractivity contribution in [3.63, 3.8) is 0 Å². The third-order valence-corrected chi connectivity index (χ3v) is 6.19. The van der Waals surface area contributed by atoms with Crippen molar-refractivity contribution in [3.05, 3.63) is 144 Å². The zero-order valence-corrected chi connectivity index (χ0v) is 16.9. The Morgan fingerprint density at radius 2 is 0.800 bits per heavy atom. The van der Waals surface area contributed by atoms with Gasteiger partial charge in [0.1, 0.15) is 5.41 Å². The van der Waals surface area contributed by atoms with Gasteiger partial charge in [-0.1, -0.05) is 121 Å². The van der Waals surface area contributed by atoms with E-state index in [2.05, 4.69) is 0 Å². The normalized spacial score (nSPS) is 11.8. The molecule has 1 N–H and O–H groups in total. The van der Waals surface area contributed by atoms with Crippen molar-refractivity contribution < 1.29 is 9.90 Å². The average Bonchev–Trinajstić information content (AvgIpc) is 2.82. The van der Waals surface area contributed by atoms with Crippen LogP contribution in [0.2, 0.25) is 0 Å². The fraction of sp³-hybridized carbons (Fsp3) is 0.107.